The molecule has 27 heavy (non-hydrogen) atoms. The highest BCUT2D eigenvalue weighted by Crippen LogP contribution is 2.47. The first-order valence-corrected chi connectivity index (χ1v) is 10.0. The number of nitrogens with zero attached hydrogens (tertiary/aromatic N) is 1. The Morgan fingerprint density at radius 3 is 2.96 bits per heavy atom. The Morgan fingerprint density at radius 2 is 2.19 bits per heavy atom. The van der Waals surface area contributed by atoms with Gasteiger partial charge in [0.05, 0.1) is 4.87 Å². The molecule has 142 valence electrons. The molecule has 1 aromatic carbocycles. The van der Waals surface area contributed by atoms with Crippen LogP contribution in [0.3, 0.4) is 0 Å². The highest BCUT2D eigenvalue weighted by Gasteiger charge is 2.53. The van der Waals surface area contributed by atoms with Gasteiger partial charge in [0.2, 0.25) is 5.91 Å². The van der Waals surface area contributed by atoms with E-state index in [9.17, 15) is 14.4 Å². The number of hydrogen-bond acceptors (Lipinski definition) is 6. The number of rotatable bonds is 3. The van der Waals surface area contributed by atoms with Gasteiger partial charge in [0.1, 0.15) is 18.2 Å². The van der Waals surface area contributed by atoms with Gasteiger partial charge in [-0.3, -0.25) is 4.79 Å². The molecule has 2 saturated heterocycles. The van der Waals surface area contributed by atoms with Crippen LogP contribution in [0.4, 0.5) is 0 Å². The van der Waals surface area contributed by atoms with E-state index in [1.54, 1.807) is 28.8 Å². The SMILES string of the molecule is Cc1cc2oc(=O)cc(COC(=O)[C@@H]3CS[C@@]4(C)CCC(=O)N34)c2cc1Cl. The summed E-state index contributed by atoms with van der Waals surface area (Å²) >= 11 is 7.79. The van der Waals surface area contributed by atoms with Gasteiger partial charge in [-0.05, 0) is 38.0 Å². The van der Waals surface area contributed by atoms with Gasteiger partial charge in [-0.1, -0.05) is 11.6 Å². The molecule has 0 spiro atoms. The van der Waals surface area contributed by atoms with E-state index < -0.39 is 17.6 Å². The Labute approximate surface area is 164 Å². The van der Waals surface area contributed by atoms with Crippen molar-refractivity contribution in [3.8, 4) is 0 Å². The second kappa shape index (κ2) is 6.56. The predicted molar refractivity (Wildman–Crippen MR) is 103 cm³/mol. The molecule has 6 nitrogen and oxygen atoms in total. The van der Waals surface area contributed by atoms with Crippen LogP contribution in [0.15, 0.2) is 27.4 Å². The molecule has 1 aromatic heterocycles. The first kappa shape index (κ1) is 18.4. The highest BCUT2D eigenvalue weighted by molar-refractivity contribution is 8.01. The van der Waals surface area contributed by atoms with Crippen LogP contribution < -0.4 is 5.63 Å². The van der Waals surface area contributed by atoms with Crippen LogP contribution in [0.1, 0.15) is 30.9 Å². The van der Waals surface area contributed by atoms with E-state index in [2.05, 4.69) is 0 Å². The van der Waals surface area contributed by atoms with Gasteiger partial charge in [0.15, 0.2) is 0 Å². The fourth-order valence-electron chi connectivity index (χ4n) is 3.71. The second-order valence-electron chi connectivity index (χ2n) is 7.06. The van der Waals surface area contributed by atoms with Crippen LogP contribution >= 0.6 is 23.4 Å². The van der Waals surface area contributed by atoms with Crippen molar-refractivity contribution in [2.75, 3.05) is 5.75 Å². The number of esters is 1. The molecule has 0 unspecified atom stereocenters. The molecule has 2 aromatic rings. The van der Waals surface area contributed by atoms with Gasteiger partial charge in [-0.2, -0.15) is 0 Å². The van der Waals surface area contributed by atoms with Crippen molar-refractivity contribution in [1.82, 2.24) is 4.90 Å². The molecular weight excluding hydrogens is 390 g/mol. The summed E-state index contributed by atoms with van der Waals surface area (Å²) in [5.74, 6) is 0.0441. The smallest absolute Gasteiger partial charge is 0.336 e. The first-order valence-electron chi connectivity index (χ1n) is 8.64. The number of halogens is 1. The Bertz CT molecular complexity index is 1020. The summed E-state index contributed by atoms with van der Waals surface area (Å²) in [4.78, 5) is 38.0. The molecule has 4 rings (SSSR count). The van der Waals surface area contributed by atoms with Gasteiger partial charge in [-0.15, -0.1) is 11.8 Å². The fraction of sp³-hybridized carbons (Fsp3) is 0.421. The summed E-state index contributed by atoms with van der Waals surface area (Å²) in [5.41, 5.74) is 1.19. The predicted octanol–water partition coefficient (Wildman–Crippen LogP) is 3.25. The lowest BCUT2D eigenvalue weighted by atomic mass is 10.1. The second-order valence-corrected chi connectivity index (χ2v) is 8.97. The van der Waals surface area contributed by atoms with Gasteiger partial charge in [0, 0.05) is 34.2 Å². The molecule has 0 bridgehead atoms. The fourth-order valence-corrected chi connectivity index (χ4v) is 5.29. The zero-order chi connectivity index (χ0) is 19.3. The maximum absolute atomic E-state index is 12.6. The molecule has 2 aliphatic heterocycles. The Balaban J connectivity index is 1.57. The van der Waals surface area contributed by atoms with E-state index >= 15 is 0 Å². The molecule has 2 atom stereocenters. The van der Waals surface area contributed by atoms with E-state index in [4.69, 9.17) is 20.8 Å². The Hall–Kier alpha value is -1.99. The molecule has 0 radical (unpaired) electrons. The Morgan fingerprint density at radius 1 is 1.41 bits per heavy atom. The lowest BCUT2D eigenvalue weighted by Gasteiger charge is -2.29. The number of carbonyl (C=O) groups is 2. The van der Waals surface area contributed by atoms with Crippen LogP contribution in [0.2, 0.25) is 5.02 Å². The van der Waals surface area contributed by atoms with Crippen LogP contribution in [0.5, 0.6) is 0 Å². The molecule has 0 aliphatic carbocycles. The average Bonchev–Trinajstić information content (AvgIpc) is 3.10. The molecule has 8 heteroatoms. The molecule has 2 fully saturated rings. The van der Waals surface area contributed by atoms with Crippen molar-refractivity contribution in [1.29, 1.82) is 0 Å². The summed E-state index contributed by atoms with van der Waals surface area (Å²) < 4.78 is 10.7. The summed E-state index contributed by atoms with van der Waals surface area (Å²) in [6, 6.07) is 4.10. The van der Waals surface area contributed by atoms with Crippen molar-refractivity contribution in [2.24, 2.45) is 0 Å². The number of ether oxygens (including phenoxy) is 1. The van der Waals surface area contributed by atoms with Crippen LogP contribution in [0.25, 0.3) is 11.0 Å². The van der Waals surface area contributed by atoms with E-state index in [-0.39, 0.29) is 17.4 Å². The lowest BCUT2D eigenvalue weighted by molar-refractivity contribution is -0.154. The van der Waals surface area contributed by atoms with Crippen molar-refractivity contribution >= 4 is 46.2 Å². The van der Waals surface area contributed by atoms with Gasteiger partial charge in [0.25, 0.3) is 0 Å². The summed E-state index contributed by atoms with van der Waals surface area (Å²) in [5, 5.41) is 1.16. The number of aryl methyl sites for hydroxylation is 1. The molecular formula is C19H18ClNO5S. The number of hydrogen-bond donors (Lipinski definition) is 0. The highest BCUT2D eigenvalue weighted by atomic mass is 35.5. The third-order valence-electron chi connectivity index (χ3n) is 5.20. The Kier molecular flexibility index (Phi) is 4.47. The minimum Gasteiger partial charge on any atom is -0.459 e. The molecule has 2 aliphatic rings. The average molecular weight is 408 g/mol. The third kappa shape index (κ3) is 3.12. The first-order chi connectivity index (χ1) is 12.8. The zero-order valence-electron chi connectivity index (χ0n) is 14.9. The summed E-state index contributed by atoms with van der Waals surface area (Å²) in [6.07, 6.45) is 1.19. The summed E-state index contributed by atoms with van der Waals surface area (Å²) in [6.45, 7) is 3.71. The third-order valence-corrected chi connectivity index (χ3v) is 7.11. The molecule has 0 saturated carbocycles. The van der Waals surface area contributed by atoms with Crippen molar-refractivity contribution < 1.29 is 18.7 Å². The maximum atomic E-state index is 12.6. The molecule has 0 N–H and O–H groups in total. The van der Waals surface area contributed by atoms with Gasteiger partial charge in [-0.25, -0.2) is 9.59 Å². The van der Waals surface area contributed by atoms with Crippen LogP contribution in [0, 0.1) is 6.92 Å². The molecule has 3 heterocycles. The van der Waals surface area contributed by atoms with E-state index in [1.807, 2.05) is 13.8 Å². The number of amides is 1. The van der Waals surface area contributed by atoms with E-state index in [0.717, 1.165) is 12.0 Å². The number of benzene rings is 1. The normalized spacial score (nSPS) is 24.5. The minimum atomic E-state index is -0.591. The number of fused-ring (bicyclic) bond motifs is 2. The van der Waals surface area contributed by atoms with E-state index in [0.29, 0.717) is 33.7 Å². The minimum absolute atomic E-state index is 0.0162. The molecule has 1 amide bonds. The number of thioether (sulfide) groups is 1. The van der Waals surface area contributed by atoms with E-state index in [1.165, 1.54) is 6.07 Å². The lowest BCUT2D eigenvalue weighted by Crippen LogP contribution is -2.46. The van der Waals surface area contributed by atoms with Crippen LogP contribution in [-0.2, 0) is 20.9 Å². The monoisotopic (exact) mass is 407 g/mol. The number of carbonyl (C=O) groups excluding carboxylic acids is 2. The van der Waals surface area contributed by atoms with Gasteiger partial charge >= 0.3 is 11.6 Å². The van der Waals surface area contributed by atoms with Crippen molar-refractivity contribution in [2.45, 2.75) is 44.2 Å². The maximum Gasteiger partial charge on any atom is 0.336 e. The largest absolute Gasteiger partial charge is 0.459 e. The van der Waals surface area contributed by atoms with Crippen molar-refractivity contribution in [3.63, 3.8) is 0 Å². The van der Waals surface area contributed by atoms with Gasteiger partial charge < -0.3 is 14.1 Å². The van der Waals surface area contributed by atoms with Crippen LogP contribution in [-0.4, -0.2) is 33.4 Å². The van der Waals surface area contributed by atoms with Crippen molar-refractivity contribution in [3.05, 3.63) is 44.8 Å². The summed E-state index contributed by atoms with van der Waals surface area (Å²) in [7, 11) is 0. The topological polar surface area (TPSA) is 76.8 Å². The zero-order valence-corrected chi connectivity index (χ0v) is 16.5. The quantitative estimate of drug-likeness (QED) is 0.574. The standard InChI is InChI=1S/C19H18ClNO5S/c1-10-5-15-12(7-13(10)20)11(6-17(23)26-15)8-25-18(24)14-9-27-19(2)4-3-16(22)21(14)19/h5-7,14H,3-4,8-9H2,1-2H3/t14-,19-/m0/s1.